The van der Waals surface area contributed by atoms with E-state index in [1.807, 2.05) is 0 Å². The Morgan fingerprint density at radius 1 is 1.41 bits per heavy atom. The van der Waals surface area contributed by atoms with Crippen molar-refractivity contribution < 1.29 is 0 Å². The van der Waals surface area contributed by atoms with Gasteiger partial charge in [0.05, 0.1) is 0 Å². The topological polar surface area (TPSA) is 15.3 Å². The van der Waals surface area contributed by atoms with E-state index < -0.39 is 0 Å². The molecular weight excluding hydrogens is 228 g/mol. The summed E-state index contributed by atoms with van der Waals surface area (Å²) in [5, 5.41) is 3.70. The molecule has 0 bridgehead atoms. The molecule has 0 aromatic carbocycles. The second kappa shape index (κ2) is 7.01. The summed E-state index contributed by atoms with van der Waals surface area (Å²) in [5.74, 6) is 2.59. The van der Waals surface area contributed by atoms with Crippen molar-refractivity contribution in [3.8, 4) is 0 Å². The maximum Gasteiger partial charge on any atom is 0.0337 e. The van der Waals surface area contributed by atoms with Crippen LogP contribution in [0.15, 0.2) is 0 Å². The Labute approximate surface area is 112 Å². The fraction of sp³-hybridized carbons (Fsp3) is 1.00. The average Bonchev–Trinajstić information content (AvgIpc) is 2.24. The Bertz CT molecular complexity index is 213. The SMILES string of the molecule is CCNC(CCC(C)(C)C)C1CSCCN1C. The third-order valence-electron chi connectivity index (χ3n) is 3.58. The summed E-state index contributed by atoms with van der Waals surface area (Å²) >= 11 is 2.11. The van der Waals surface area contributed by atoms with Crippen LogP contribution in [0.4, 0.5) is 0 Å². The van der Waals surface area contributed by atoms with Gasteiger partial charge in [-0.05, 0) is 31.8 Å². The number of thioether (sulfide) groups is 1. The summed E-state index contributed by atoms with van der Waals surface area (Å²) in [4.78, 5) is 2.55. The third-order valence-corrected chi connectivity index (χ3v) is 4.63. The zero-order valence-electron chi connectivity index (χ0n) is 12.3. The van der Waals surface area contributed by atoms with Gasteiger partial charge in [0.25, 0.3) is 0 Å². The number of likely N-dealkylation sites (N-methyl/N-ethyl adjacent to an activating group) is 2. The summed E-state index contributed by atoms with van der Waals surface area (Å²) in [6.07, 6.45) is 2.60. The molecule has 1 aliphatic heterocycles. The van der Waals surface area contributed by atoms with E-state index in [1.165, 1.54) is 30.9 Å². The first-order valence-electron chi connectivity index (χ1n) is 6.95. The molecule has 0 aromatic heterocycles. The van der Waals surface area contributed by atoms with Gasteiger partial charge in [0, 0.05) is 30.1 Å². The monoisotopic (exact) mass is 258 g/mol. The smallest absolute Gasteiger partial charge is 0.0337 e. The van der Waals surface area contributed by atoms with Crippen molar-refractivity contribution in [3.05, 3.63) is 0 Å². The van der Waals surface area contributed by atoms with E-state index in [9.17, 15) is 0 Å². The van der Waals surface area contributed by atoms with Gasteiger partial charge in [-0.1, -0.05) is 27.7 Å². The highest BCUT2D eigenvalue weighted by Crippen LogP contribution is 2.25. The normalized spacial score (nSPS) is 24.9. The number of hydrogen-bond donors (Lipinski definition) is 1. The molecule has 0 saturated carbocycles. The van der Waals surface area contributed by atoms with Crippen LogP contribution in [-0.4, -0.2) is 48.6 Å². The van der Waals surface area contributed by atoms with Gasteiger partial charge in [0.1, 0.15) is 0 Å². The highest BCUT2D eigenvalue weighted by molar-refractivity contribution is 7.99. The van der Waals surface area contributed by atoms with Crippen molar-refractivity contribution in [2.24, 2.45) is 5.41 Å². The third kappa shape index (κ3) is 5.62. The molecule has 2 unspecified atom stereocenters. The molecule has 2 atom stereocenters. The van der Waals surface area contributed by atoms with Crippen molar-refractivity contribution >= 4 is 11.8 Å². The summed E-state index contributed by atoms with van der Waals surface area (Å²) < 4.78 is 0. The van der Waals surface area contributed by atoms with Crippen LogP contribution in [0, 0.1) is 5.41 Å². The van der Waals surface area contributed by atoms with Crippen molar-refractivity contribution in [2.45, 2.75) is 52.6 Å². The predicted octanol–water partition coefficient (Wildman–Crippen LogP) is 2.84. The molecule has 0 spiro atoms. The average molecular weight is 258 g/mol. The Hall–Kier alpha value is 0.270. The van der Waals surface area contributed by atoms with Crippen LogP contribution in [0.25, 0.3) is 0 Å². The van der Waals surface area contributed by atoms with Crippen LogP contribution < -0.4 is 5.32 Å². The zero-order chi connectivity index (χ0) is 12.9. The highest BCUT2D eigenvalue weighted by atomic mass is 32.2. The lowest BCUT2D eigenvalue weighted by molar-refractivity contribution is 0.195. The van der Waals surface area contributed by atoms with Gasteiger partial charge < -0.3 is 10.2 Å². The van der Waals surface area contributed by atoms with E-state index in [1.54, 1.807) is 0 Å². The molecule has 102 valence electrons. The Morgan fingerprint density at radius 3 is 2.65 bits per heavy atom. The maximum absolute atomic E-state index is 3.70. The summed E-state index contributed by atoms with van der Waals surface area (Å²) in [5.41, 5.74) is 0.452. The van der Waals surface area contributed by atoms with Crippen LogP contribution >= 0.6 is 11.8 Å². The Morgan fingerprint density at radius 2 is 2.12 bits per heavy atom. The van der Waals surface area contributed by atoms with E-state index in [4.69, 9.17) is 0 Å². The van der Waals surface area contributed by atoms with Crippen molar-refractivity contribution in [1.29, 1.82) is 0 Å². The lowest BCUT2D eigenvalue weighted by Crippen LogP contribution is -2.52. The lowest BCUT2D eigenvalue weighted by Gasteiger charge is -2.39. The van der Waals surface area contributed by atoms with Gasteiger partial charge in [0.15, 0.2) is 0 Å². The largest absolute Gasteiger partial charge is 0.313 e. The molecule has 0 aliphatic carbocycles. The van der Waals surface area contributed by atoms with Crippen LogP contribution in [0.3, 0.4) is 0 Å². The second-order valence-electron chi connectivity index (χ2n) is 6.39. The Kier molecular flexibility index (Phi) is 6.32. The van der Waals surface area contributed by atoms with Crippen molar-refractivity contribution in [3.63, 3.8) is 0 Å². The molecule has 17 heavy (non-hydrogen) atoms. The van der Waals surface area contributed by atoms with Gasteiger partial charge in [-0.3, -0.25) is 0 Å². The van der Waals surface area contributed by atoms with E-state index in [2.05, 4.69) is 56.7 Å². The van der Waals surface area contributed by atoms with Gasteiger partial charge in [0.2, 0.25) is 0 Å². The van der Waals surface area contributed by atoms with Crippen molar-refractivity contribution in [1.82, 2.24) is 10.2 Å². The minimum atomic E-state index is 0.452. The first-order valence-corrected chi connectivity index (χ1v) is 8.11. The minimum absolute atomic E-state index is 0.452. The molecule has 1 N–H and O–H groups in total. The Balaban J connectivity index is 2.51. The molecule has 2 nitrogen and oxygen atoms in total. The minimum Gasteiger partial charge on any atom is -0.313 e. The summed E-state index contributed by atoms with van der Waals surface area (Å²) in [6.45, 7) is 11.6. The first-order chi connectivity index (χ1) is 7.94. The fourth-order valence-corrected chi connectivity index (χ4v) is 3.72. The van der Waals surface area contributed by atoms with Crippen LogP contribution in [-0.2, 0) is 0 Å². The molecule has 1 aliphatic rings. The summed E-state index contributed by atoms with van der Waals surface area (Å²) in [6, 6.07) is 1.38. The van der Waals surface area contributed by atoms with Gasteiger partial charge in [-0.25, -0.2) is 0 Å². The number of hydrogen-bond acceptors (Lipinski definition) is 3. The van der Waals surface area contributed by atoms with Gasteiger partial charge in [-0.15, -0.1) is 0 Å². The van der Waals surface area contributed by atoms with Crippen LogP contribution in [0.2, 0.25) is 0 Å². The standard InChI is InChI=1S/C14H30N2S/c1-6-15-12(7-8-14(2,3)4)13-11-17-10-9-16(13)5/h12-13,15H,6-11H2,1-5H3. The molecule has 1 rings (SSSR count). The van der Waals surface area contributed by atoms with Crippen LogP contribution in [0.1, 0.15) is 40.5 Å². The maximum atomic E-state index is 3.70. The van der Waals surface area contributed by atoms with E-state index in [-0.39, 0.29) is 0 Å². The molecule has 0 aromatic rings. The molecule has 3 heteroatoms. The van der Waals surface area contributed by atoms with Gasteiger partial charge >= 0.3 is 0 Å². The zero-order valence-corrected chi connectivity index (χ0v) is 13.1. The predicted molar refractivity (Wildman–Crippen MR) is 79.9 cm³/mol. The van der Waals surface area contributed by atoms with E-state index >= 15 is 0 Å². The van der Waals surface area contributed by atoms with E-state index in [0.29, 0.717) is 11.5 Å². The van der Waals surface area contributed by atoms with Crippen molar-refractivity contribution in [2.75, 3.05) is 31.6 Å². The quantitative estimate of drug-likeness (QED) is 0.816. The van der Waals surface area contributed by atoms with Gasteiger partial charge in [-0.2, -0.15) is 11.8 Å². The van der Waals surface area contributed by atoms with E-state index in [0.717, 1.165) is 12.6 Å². The molecular formula is C14H30N2S. The number of rotatable bonds is 5. The molecule has 0 amide bonds. The molecule has 1 saturated heterocycles. The number of nitrogens with zero attached hydrogens (tertiary/aromatic N) is 1. The first kappa shape index (κ1) is 15.3. The second-order valence-corrected chi connectivity index (χ2v) is 7.54. The summed E-state index contributed by atoms with van der Waals surface area (Å²) in [7, 11) is 2.28. The van der Waals surface area contributed by atoms with Crippen LogP contribution in [0.5, 0.6) is 0 Å². The molecule has 1 fully saturated rings. The molecule has 1 heterocycles. The lowest BCUT2D eigenvalue weighted by atomic mass is 9.87. The fourth-order valence-electron chi connectivity index (χ4n) is 2.41. The highest BCUT2D eigenvalue weighted by Gasteiger charge is 2.28. The molecule has 0 radical (unpaired) electrons. The number of nitrogens with one attached hydrogen (secondary N) is 1.